The summed E-state index contributed by atoms with van der Waals surface area (Å²) in [5.74, 6) is -0.187. The topological polar surface area (TPSA) is 84.0 Å². The van der Waals surface area contributed by atoms with Gasteiger partial charge in [0.1, 0.15) is 12.7 Å². The minimum Gasteiger partial charge on any atom is -0.504 e. The number of aromatic hydroxyl groups is 1. The molecule has 0 amide bonds. The monoisotopic (exact) mass is 348 g/mol. The molecule has 1 N–H and O–H groups in total. The third-order valence-electron chi connectivity index (χ3n) is 3.86. The van der Waals surface area contributed by atoms with E-state index in [0.29, 0.717) is 22.4 Å². The molecule has 0 aliphatic carbocycles. The van der Waals surface area contributed by atoms with E-state index in [1.807, 2.05) is 28.8 Å². The molecule has 26 heavy (non-hydrogen) atoms. The normalized spacial score (nSPS) is 10.8. The molecule has 2 heterocycles. The molecule has 0 fully saturated rings. The fraction of sp³-hybridized carbons (Fsp3) is 0.100. The highest BCUT2D eigenvalue weighted by atomic mass is 16.5. The van der Waals surface area contributed by atoms with Gasteiger partial charge in [-0.25, -0.2) is 4.79 Å². The van der Waals surface area contributed by atoms with E-state index in [0.717, 1.165) is 5.52 Å². The molecule has 0 spiro atoms. The molecule has 0 bridgehead atoms. The van der Waals surface area contributed by atoms with Gasteiger partial charge < -0.3 is 19.0 Å². The lowest BCUT2D eigenvalue weighted by atomic mass is 10.2. The van der Waals surface area contributed by atoms with Gasteiger partial charge in [-0.15, -0.1) is 0 Å². The van der Waals surface area contributed by atoms with Gasteiger partial charge in [0.05, 0.1) is 18.2 Å². The number of esters is 1. The number of carbonyl (C=O) groups is 1. The summed E-state index contributed by atoms with van der Waals surface area (Å²) in [4.78, 5) is 11.9. The number of ether oxygens (including phenoxy) is 2. The van der Waals surface area contributed by atoms with Gasteiger partial charge in [0.2, 0.25) is 0 Å². The second-order valence-electron chi connectivity index (χ2n) is 5.51. The zero-order valence-electron chi connectivity index (χ0n) is 14.0. The molecule has 0 saturated heterocycles. The quantitative estimate of drug-likeness (QED) is 0.565. The summed E-state index contributed by atoms with van der Waals surface area (Å²) in [6, 6.07) is 12.4. The Morgan fingerprint density at radius 3 is 2.96 bits per heavy atom. The van der Waals surface area contributed by atoms with Crippen LogP contribution in [-0.2, 0) is 16.1 Å². The van der Waals surface area contributed by atoms with Crippen LogP contribution in [-0.4, -0.2) is 22.6 Å². The van der Waals surface area contributed by atoms with Crippen molar-refractivity contribution in [1.29, 1.82) is 5.26 Å². The zero-order chi connectivity index (χ0) is 18.5. The van der Waals surface area contributed by atoms with Crippen LogP contribution in [0.2, 0.25) is 0 Å². The largest absolute Gasteiger partial charge is 0.504 e. The van der Waals surface area contributed by atoms with Crippen LogP contribution in [0.4, 0.5) is 0 Å². The summed E-state index contributed by atoms with van der Waals surface area (Å²) in [6.07, 6.45) is 6.45. The Balaban J connectivity index is 1.69. The van der Waals surface area contributed by atoms with Crippen LogP contribution in [0.15, 0.2) is 54.9 Å². The second kappa shape index (κ2) is 7.45. The van der Waals surface area contributed by atoms with Crippen LogP contribution >= 0.6 is 0 Å². The zero-order valence-corrected chi connectivity index (χ0v) is 14.0. The standard InChI is InChI=1S/C20H16N2O4/c1-25-19-10-14(5-7-18(19)23)6-8-20(24)26-13-15-12-22-9-3-2-4-17(22)16(15)11-21/h2-10,12,23H,13H2,1H3/b8-6+. The molecule has 0 radical (unpaired) electrons. The van der Waals surface area contributed by atoms with Crippen molar-refractivity contribution in [2.75, 3.05) is 7.11 Å². The predicted octanol–water partition coefficient (Wildman–Crippen LogP) is 3.28. The van der Waals surface area contributed by atoms with Gasteiger partial charge in [-0.3, -0.25) is 0 Å². The summed E-state index contributed by atoms with van der Waals surface area (Å²) < 4.78 is 12.1. The van der Waals surface area contributed by atoms with Crippen LogP contribution < -0.4 is 4.74 Å². The number of pyridine rings is 1. The number of carbonyl (C=O) groups excluding carboxylic acids is 1. The Bertz CT molecular complexity index is 1030. The number of rotatable bonds is 5. The molecule has 0 aliphatic rings. The maximum atomic E-state index is 11.9. The smallest absolute Gasteiger partial charge is 0.331 e. The fourth-order valence-corrected chi connectivity index (χ4v) is 2.58. The minimum atomic E-state index is -0.531. The molecule has 0 aliphatic heterocycles. The van der Waals surface area contributed by atoms with Crippen molar-refractivity contribution in [1.82, 2.24) is 4.40 Å². The number of nitriles is 1. The van der Waals surface area contributed by atoms with Gasteiger partial charge in [0.15, 0.2) is 11.5 Å². The van der Waals surface area contributed by atoms with Crippen molar-refractivity contribution in [2.24, 2.45) is 0 Å². The Morgan fingerprint density at radius 1 is 1.35 bits per heavy atom. The van der Waals surface area contributed by atoms with E-state index >= 15 is 0 Å². The number of benzene rings is 1. The average Bonchev–Trinajstić information content (AvgIpc) is 3.03. The molecule has 130 valence electrons. The van der Waals surface area contributed by atoms with Crippen molar-refractivity contribution in [3.8, 4) is 17.6 Å². The first-order valence-electron chi connectivity index (χ1n) is 7.83. The van der Waals surface area contributed by atoms with Crippen molar-refractivity contribution in [3.63, 3.8) is 0 Å². The molecule has 6 heteroatoms. The maximum Gasteiger partial charge on any atom is 0.331 e. The van der Waals surface area contributed by atoms with Crippen molar-refractivity contribution in [2.45, 2.75) is 6.61 Å². The second-order valence-corrected chi connectivity index (χ2v) is 5.51. The molecule has 0 unspecified atom stereocenters. The summed E-state index contributed by atoms with van der Waals surface area (Å²) in [6.45, 7) is 0.00659. The van der Waals surface area contributed by atoms with Gasteiger partial charge in [-0.1, -0.05) is 12.1 Å². The molecule has 6 nitrogen and oxygen atoms in total. The van der Waals surface area contributed by atoms with Gasteiger partial charge in [-0.05, 0) is 35.9 Å². The third-order valence-corrected chi connectivity index (χ3v) is 3.86. The number of fused-ring (bicyclic) bond motifs is 1. The Labute approximate surface area is 150 Å². The van der Waals surface area contributed by atoms with Crippen LogP contribution in [0.5, 0.6) is 11.5 Å². The number of nitrogens with zero attached hydrogens (tertiary/aromatic N) is 2. The third kappa shape index (κ3) is 3.52. The molecule has 3 aromatic rings. The molecule has 2 aromatic heterocycles. The Morgan fingerprint density at radius 2 is 2.19 bits per heavy atom. The highest BCUT2D eigenvalue weighted by molar-refractivity contribution is 5.87. The van der Waals surface area contributed by atoms with E-state index in [9.17, 15) is 15.2 Å². The van der Waals surface area contributed by atoms with E-state index < -0.39 is 5.97 Å². The van der Waals surface area contributed by atoms with Crippen molar-refractivity contribution in [3.05, 3.63) is 71.6 Å². The number of phenols is 1. The molecule has 3 rings (SSSR count). The molecule has 0 saturated carbocycles. The molecule has 1 aromatic carbocycles. The molecular weight excluding hydrogens is 332 g/mol. The number of methoxy groups -OCH3 is 1. The highest BCUT2D eigenvalue weighted by Crippen LogP contribution is 2.26. The van der Waals surface area contributed by atoms with Gasteiger partial charge >= 0.3 is 5.97 Å². The maximum absolute atomic E-state index is 11.9. The van der Waals surface area contributed by atoms with Crippen LogP contribution in [0.1, 0.15) is 16.7 Å². The summed E-state index contributed by atoms with van der Waals surface area (Å²) in [5, 5.41) is 18.9. The van der Waals surface area contributed by atoms with Gasteiger partial charge in [0.25, 0.3) is 0 Å². The number of phenolic OH excluding ortho intramolecular Hbond substituents is 1. The fourth-order valence-electron chi connectivity index (χ4n) is 2.58. The first kappa shape index (κ1) is 17.1. The first-order chi connectivity index (χ1) is 12.6. The van der Waals surface area contributed by atoms with E-state index in [2.05, 4.69) is 6.07 Å². The lowest BCUT2D eigenvalue weighted by Gasteiger charge is -2.04. The van der Waals surface area contributed by atoms with E-state index in [1.54, 1.807) is 24.4 Å². The number of hydrogen-bond donors (Lipinski definition) is 1. The number of hydrogen-bond acceptors (Lipinski definition) is 5. The van der Waals surface area contributed by atoms with Crippen molar-refractivity contribution >= 4 is 17.6 Å². The Kier molecular flexibility index (Phi) is 4.90. The van der Waals surface area contributed by atoms with Crippen LogP contribution in [0.3, 0.4) is 0 Å². The molecular formula is C20H16N2O4. The van der Waals surface area contributed by atoms with Crippen molar-refractivity contribution < 1.29 is 19.4 Å². The van der Waals surface area contributed by atoms with Crippen LogP contribution in [0, 0.1) is 11.3 Å². The predicted molar refractivity (Wildman–Crippen MR) is 95.6 cm³/mol. The van der Waals surface area contributed by atoms with E-state index in [4.69, 9.17) is 9.47 Å². The lowest BCUT2D eigenvalue weighted by Crippen LogP contribution is -2.01. The summed E-state index contributed by atoms with van der Waals surface area (Å²) >= 11 is 0. The van der Waals surface area contributed by atoms with Gasteiger partial charge in [0, 0.05) is 24.0 Å². The van der Waals surface area contributed by atoms with Crippen LogP contribution in [0.25, 0.3) is 11.6 Å². The SMILES string of the molecule is COc1cc(/C=C/C(=O)OCc2cn3ccccc3c2C#N)ccc1O. The first-order valence-corrected chi connectivity index (χ1v) is 7.83. The number of aromatic nitrogens is 1. The highest BCUT2D eigenvalue weighted by Gasteiger charge is 2.11. The molecule has 0 atom stereocenters. The summed E-state index contributed by atoms with van der Waals surface area (Å²) in [5.41, 5.74) is 2.59. The average molecular weight is 348 g/mol. The minimum absolute atomic E-state index is 0.00659. The van der Waals surface area contributed by atoms with E-state index in [1.165, 1.54) is 19.3 Å². The Hall–Kier alpha value is -3.72. The lowest BCUT2D eigenvalue weighted by molar-refractivity contribution is -0.138. The van der Waals surface area contributed by atoms with E-state index in [-0.39, 0.29) is 12.4 Å². The summed E-state index contributed by atoms with van der Waals surface area (Å²) in [7, 11) is 1.45. The van der Waals surface area contributed by atoms with Gasteiger partial charge in [-0.2, -0.15) is 5.26 Å².